The van der Waals surface area contributed by atoms with Crippen molar-refractivity contribution in [3.8, 4) is 0 Å². The highest BCUT2D eigenvalue weighted by atomic mass is 19.1. The number of halogens is 1. The zero-order valence-corrected chi connectivity index (χ0v) is 10.3. The number of hydrogen-bond donors (Lipinski definition) is 1. The molecule has 0 aromatic heterocycles. The Balaban J connectivity index is 1.91. The second kappa shape index (κ2) is 5.50. The lowest BCUT2D eigenvalue weighted by molar-refractivity contribution is 0.215. The highest BCUT2D eigenvalue weighted by Crippen LogP contribution is 2.27. The van der Waals surface area contributed by atoms with Gasteiger partial charge >= 0.3 is 0 Å². The molecule has 1 aromatic carbocycles. The van der Waals surface area contributed by atoms with E-state index in [0.29, 0.717) is 11.8 Å². The van der Waals surface area contributed by atoms with Gasteiger partial charge in [-0.25, -0.2) is 4.39 Å². The summed E-state index contributed by atoms with van der Waals surface area (Å²) in [6.45, 7) is 4.41. The van der Waals surface area contributed by atoms with Crippen LogP contribution in [0.1, 0.15) is 19.8 Å². The Labute approximate surface area is 102 Å². The van der Waals surface area contributed by atoms with Gasteiger partial charge in [-0.15, -0.1) is 0 Å². The summed E-state index contributed by atoms with van der Waals surface area (Å²) < 4.78 is 12.8. The van der Waals surface area contributed by atoms with Crippen LogP contribution in [-0.4, -0.2) is 24.8 Å². The molecule has 3 heteroatoms. The van der Waals surface area contributed by atoms with Crippen molar-refractivity contribution < 1.29 is 9.50 Å². The lowest BCUT2D eigenvalue weighted by Gasteiger charge is -2.19. The van der Waals surface area contributed by atoms with Crippen LogP contribution in [0.3, 0.4) is 0 Å². The Morgan fingerprint density at radius 2 is 2.12 bits per heavy atom. The summed E-state index contributed by atoms with van der Waals surface area (Å²) in [6, 6.07) is 6.71. The van der Waals surface area contributed by atoms with Gasteiger partial charge in [0.25, 0.3) is 0 Å². The van der Waals surface area contributed by atoms with E-state index in [2.05, 4.69) is 11.8 Å². The van der Waals surface area contributed by atoms with E-state index in [1.165, 1.54) is 18.6 Å². The summed E-state index contributed by atoms with van der Waals surface area (Å²) in [5, 5.41) is 9.05. The summed E-state index contributed by atoms with van der Waals surface area (Å²) in [5.74, 6) is 0.855. The summed E-state index contributed by atoms with van der Waals surface area (Å²) >= 11 is 0. The van der Waals surface area contributed by atoms with Crippen molar-refractivity contribution in [2.75, 3.05) is 24.6 Å². The fourth-order valence-electron chi connectivity index (χ4n) is 2.56. The van der Waals surface area contributed by atoms with E-state index in [1.807, 2.05) is 12.1 Å². The van der Waals surface area contributed by atoms with Crippen LogP contribution in [0.2, 0.25) is 0 Å². The number of nitrogens with zero attached hydrogens (tertiary/aromatic N) is 1. The highest BCUT2D eigenvalue weighted by molar-refractivity contribution is 5.47. The Morgan fingerprint density at radius 3 is 2.76 bits per heavy atom. The van der Waals surface area contributed by atoms with E-state index in [0.717, 1.165) is 25.2 Å². The van der Waals surface area contributed by atoms with Crippen LogP contribution in [-0.2, 0) is 0 Å². The third-order valence-corrected chi connectivity index (χ3v) is 3.53. The molecule has 1 saturated heterocycles. The van der Waals surface area contributed by atoms with Gasteiger partial charge in [0, 0.05) is 25.4 Å². The van der Waals surface area contributed by atoms with Crippen LogP contribution in [0.4, 0.5) is 10.1 Å². The first-order valence-corrected chi connectivity index (χ1v) is 6.30. The average Bonchev–Trinajstić information content (AvgIpc) is 2.78. The summed E-state index contributed by atoms with van der Waals surface area (Å²) in [4.78, 5) is 2.30. The van der Waals surface area contributed by atoms with E-state index in [1.54, 1.807) is 0 Å². The molecule has 2 unspecified atom stereocenters. The van der Waals surface area contributed by atoms with Gasteiger partial charge in [0.15, 0.2) is 0 Å². The predicted octanol–water partition coefficient (Wildman–Crippen LogP) is 2.67. The van der Waals surface area contributed by atoms with Gasteiger partial charge in [-0.1, -0.05) is 6.92 Å². The van der Waals surface area contributed by atoms with Crippen LogP contribution in [0.25, 0.3) is 0 Å². The standard InChI is InChI=1S/C14H20FNO/c1-11(10-17)8-12-6-7-16(9-12)14-4-2-13(15)3-5-14/h2-5,11-12,17H,6-10H2,1H3. The first-order valence-electron chi connectivity index (χ1n) is 6.30. The minimum Gasteiger partial charge on any atom is -0.396 e. The molecule has 0 aliphatic carbocycles. The van der Waals surface area contributed by atoms with Crippen molar-refractivity contribution in [3.63, 3.8) is 0 Å². The molecule has 2 nitrogen and oxygen atoms in total. The van der Waals surface area contributed by atoms with E-state index in [9.17, 15) is 4.39 Å². The summed E-state index contributed by atoms with van der Waals surface area (Å²) in [6.07, 6.45) is 2.25. The molecule has 0 saturated carbocycles. The third kappa shape index (κ3) is 3.19. The number of hydrogen-bond acceptors (Lipinski definition) is 2. The Bertz CT molecular complexity index is 352. The van der Waals surface area contributed by atoms with Crippen molar-refractivity contribution >= 4 is 5.69 Å². The minimum absolute atomic E-state index is 0.182. The molecule has 1 aromatic rings. The van der Waals surface area contributed by atoms with Gasteiger partial charge in [-0.2, -0.15) is 0 Å². The van der Waals surface area contributed by atoms with E-state index in [4.69, 9.17) is 5.11 Å². The Morgan fingerprint density at radius 1 is 1.41 bits per heavy atom. The van der Waals surface area contributed by atoms with E-state index in [-0.39, 0.29) is 12.4 Å². The smallest absolute Gasteiger partial charge is 0.123 e. The maximum Gasteiger partial charge on any atom is 0.123 e. The van der Waals surface area contributed by atoms with Crippen LogP contribution in [0, 0.1) is 17.7 Å². The number of aliphatic hydroxyl groups excluding tert-OH is 1. The zero-order valence-electron chi connectivity index (χ0n) is 10.3. The lowest BCUT2D eigenvalue weighted by atomic mass is 9.96. The summed E-state index contributed by atoms with van der Waals surface area (Å²) in [5.41, 5.74) is 1.10. The monoisotopic (exact) mass is 237 g/mol. The fraction of sp³-hybridized carbons (Fsp3) is 0.571. The van der Waals surface area contributed by atoms with E-state index < -0.39 is 0 Å². The lowest BCUT2D eigenvalue weighted by Crippen LogP contribution is -2.20. The molecular formula is C14H20FNO. The molecule has 2 atom stereocenters. The normalized spacial score (nSPS) is 21.8. The molecule has 0 amide bonds. The molecule has 17 heavy (non-hydrogen) atoms. The van der Waals surface area contributed by atoms with Crippen molar-refractivity contribution in [1.82, 2.24) is 0 Å². The molecule has 0 spiro atoms. The average molecular weight is 237 g/mol. The summed E-state index contributed by atoms with van der Waals surface area (Å²) in [7, 11) is 0. The number of rotatable bonds is 4. The molecule has 1 N–H and O–H groups in total. The number of aliphatic hydroxyl groups is 1. The van der Waals surface area contributed by atoms with Gasteiger partial charge in [0.2, 0.25) is 0 Å². The van der Waals surface area contributed by atoms with Crippen molar-refractivity contribution in [3.05, 3.63) is 30.1 Å². The number of benzene rings is 1. The Kier molecular flexibility index (Phi) is 4.00. The SMILES string of the molecule is CC(CO)CC1CCN(c2ccc(F)cc2)C1. The molecule has 1 heterocycles. The molecule has 94 valence electrons. The third-order valence-electron chi connectivity index (χ3n) is 3.53. The molecule has 0 radical (unpaired) electrons. The Hall–Kier alpha value is -1.09. The minimum atomic E-state index is -0.182. The van der Waals surface area contributed by atoms with Gasteiger partial charge in [-0.05, 0) is 48.9 Å². The van der Waals surface area contributed by atoms with Crippen LogP contribution < -0.4 is 4.90 Å². The van der Waals surface area contributed by atoms with Gasteiger partial charge in [0.05, 0.1) is 0 Å². The van der Waals surface area contributed by atoms with Crippen molar-refractivity contribution in [2.45, 2.75) is 19.8 Å². The predicted molar refractivity (Wildman–Crippen MR) is 67.6 cm³/mol. The van der Waals surface area contributed by atoms with E-state index >= 15 is 0 Å². The number of anilines is 1. The second-order valence-electron chi connectivity index (χ2n) is 5.10. The van der Waals surface area contributed by atoms with Gasteiger partial charge in [-0.3, -0.25) is 0 Å². The zero-order chi connectivity index (χ0) is 12.3. The molecule has 1 aliphatic heterocycles. The van der Waals surface area contributed by atoms with Crippen LogP contribution in [0.15, 0.2) is 24.3 Å². The highest BCUT2D eigenvalue weighted by Gasteiger charge is 2.23. The van der Waals surface area contributed by atoms with Crippen LogP contribution >= 0.6 is 0 Å². The first kappa shape index (κ1) is 12.4. The fourth-order valence-corrected chi connectivity index (χ4v) is 2.56. The molecule has 2 rings (SSSR count). The van der Waals surface area contributed by atoms with Gasteiger partial charge in [0.1, 0.15) is 5.82 Å². The molecule has 1 fully saturated rings. The second-order valence-corrected chi connectivity index (χ2v) is 5.10. The van der Waals surface area contributed by atoms with Gasteiger partial charge < -0.3 is 10.0 Å². The first-order chi connectivity index (χ1) is 8.19. The molecule has 1 aliphatic rings. The maximum absolute atomic E-state index is 12.8. The quantitative estimate of drug-likeness (QED) is 0.870. The molecular weight excluding hydrogens is 217 g/mol. The van der Waals surface area contributed by atoms with Crippen molar-refractivity contribution in [2.24, 2.45) is 11.8 Å². The molecule has 0 bridgehead atoms. The van der Waals surface area contributed by atoms with Crippen LogP contribution in [0.5, 0.6) is 0 Å². The topological polar surface area (TPSA) is 23.5 Å². The maximum atomic E-state index is 12.8. The largest absolute Gasteiger partial charge is 0.396 e. The van der Waals surface area contributed by atoms with Crippen molar-refractivity contribution in [1.29, 1.82) is 0 Å².